The third-order valence-electron chi connectivity index (χ3n) is 2.73. The van der Waals surface area contributed by atoms with Crippen molar-refractivity contribution in [2.45, 2.75) is 32.9 Å². The molecule has 0 fully saturated rings. The third-order valence-corrected chi connectivity index (χ3v) is 2.73. The lowest BCUT2D eigenvalue weighted by atomic mass is 10.1. The molecule has 0 aromatic rings. The molecule has 102 valence electrons. The van der Waals surface area contributed by atoms with E-state index in [1.165, 1.54) is 0 Å². The van der Waals surface area contributed by atoms with E-state index in [4.69, 9.17) is 10.5 Å². The van der Waals surface area contributed by atoms with E-state index in [0.717, 1.165) is 0 Å². The summed E-state index contributed by atoms with van der Waals surface area (Å²) in [6.45, 7) is 7.71. The summed E-state index contributed by atoms with van der Waals surface area (Å²) in [7, 11) is 3.51. The minimum atomic E-state index is -0.0553. The highest BCUT2D eigenvalue weighted by atomic mass is 16.5. The first kappa shape index (κ1) is 16.4. The van der Waals surface area contributed by atoms with Crippen LogP contribution in [-0.2, 0) is 9.53 Å². The lowest BCUT2D eigenvalue weighted by molar-refractivity contribution is -0.122. The number of rotatable bonds is 8. The van der Waals surface area contributed by atoms with Crippen molar-refractivity contribution in [3.8, 4) is 0 Å². The molecule has 0 saturated heterocycles. The van der Waals surface area contributed by atoms with Crippen LogP contribution in [0.4, 0.5) is 0 Å². The zero-order valence-electron chi connectivity index (χ0n) is 11.7. The molecule has 3 N–H and O–H groups in total. The van der Waals surface area contributed by atoms with Crippen LogP contribution in [0.5, 0.6) is 0 Å². The second-order valence-electron chi connectivity index (χ2n) is 5.01. The highest BCUT2D eigenvalue weighted by Crippen LogP contribution is 1.99. The molecule has 2 unspecified atom stereocenters. The number of nitrogens with two attached hydrogens (primary N) is 1. The van der Waals surface area contributed by atoms with Crippen molar-refractivity contribution < 1.29 is 9.53 Å². The van der Waals surface area contributed by atoms with Crippen LogP contribution >= 0.6 is 0 Å². The lowest BCUT2D eigenvalue weighted by Crippen LogP contribution is -2.45. The summed E-state index contributed by atoms with van der Waals surface area (Å²) >= 11 is 0. The van der Waals surface area contributed by atoms with E-state index < -0.39 is 0 Å². The Labute approximate surface area is 105 Å². The van der Waals surface area contributed by atoms with Crippen LogP contribution in [0.15, 0.2) is 0 Å². The largest absolute Gasteiger partial charge is 0.383 e. The number of nitrogens with one attached hydrogen (secondary N) is 1. The van der Waals surface area contributed by atoms with Crippen molar-refractivity contribution in [1.82, 2.24) is 10.2 Å². The maximum Gasteiger partial charge on any atom is 0.234 e. The van der Waals surface area contributed by atoms with E-state index in [2.05, 4.69) is 19.2 Å². The van der Waals surface area contributed by atoms with Crippen LogP contribution in [0.25, 0.3) is 0 Å². The number of hydrogen-bond donors (Lipinski definition) is 2. The fourth-order valence-electron chi connectivity index (χ4n) is 1.44. The molecule has 5 nitrogen and oxygen atoms in total. The predicted octanol–water partition coefficient (Wildman–Crippen LogP) is 0.0526. The van der Waals surface area contributed by atoms with Crippen molar-refractivity contribution in [2.24, 2.45) is 11.7 Å². The van der Waals surface area contributed by atoms with Crippen LogP contribution in [0.1, 0.15) is 20.8 Å². The summed E-state index contributed by atoms with van der Waals surface area (Å²) in [5.74, 6) is 0.485. The highest BCUT2D eigenvalue weighted by Gasteiger charge is 2.14. The van der Waals surface area contributed by atoms with Gasteiger partial charge in [-0.25, -0.2) is 0 Å². The van der Waals surface area contributed by atoms with E-state index >= 15 is 0 Å². The third kappa shape index (κ3) is 8.12. The fraction of sp³-hybridized carbons (Fsp3) is 0.917. The Hall–Kier alpha value is -0.650. The minimum absolute atomic E-state index is 0.0401. The molecule has 0 aliphatic rings. The van der Waals surface area contributed by atoms with E-state index in [1.807, 2.05) is 18.9 Å². The van der Waals surface area contributed by atoms with Crippen molar-refractivity contribution in [1.29, 1.82) is 0 Å². The first-order valence-electron chi connectivity index (χ1n) is 6.09. The molecule has 0 aromatic carbocycles. The van der Waals surface area contributed by atoms with Gasteiger partial charge in [0.1, 0.15) is 0 Å². The van der Waals surface area contributed by atoms with Crippen molar-refractivity contribution >= 4 is 5.91 Å². The Morgan fingerprint density at radius 1 is 1.41 bits per heavy atom. The first-order chi connectivity index (χ1) is 7.86. The van der Waals surface area contributed by atoms with Gasteiger partial charge in [-0.15, -0.1) is 0 Å². The standard InChI is InChI=1S/C12H27N3O2/c1-9(2)10(3)14-12(16)7-15(4)6-11(13)8-17-5/h9-11H,6-8,13H2,1-5H3,(H,14,16). The van der Waals surface area contributed by atoms with E-state index in [1.54, 1.807) is 7.11 Å². The van der Waals surface area contributed by atoms with Crippen LogP contribution in [0.3, 0.4) is 0 Å². The summed E-state index contributed by atoms with van der Waals surface area (Å²) in [6.07, 6.45) is 0. The van der Waals surface area contributed by atoms with Crippen molar-refractivity contribution in [2.75, 3.05) is 33.9 Å². The average molecular weight is 245 g/mol. The maximum absolute atomic E-state index is 11.7. The normalized spacial score (nSPS) is 15.1. The molecule has 0 spiro atoms. The Bertz CT molecular complexity index is 222. The zero-order chi connectivity index (χ0) is 13.4. The maximum atomic E-state index is 11.7. The molecule has 0 aromatic heterocycles. The Balaban J connectivity index is 3.87. The van der Waals surface area contributed by atoms with Gasteiger partial charge in [0.25, 0.3) is 0 Å². The first-order valence-corrected chi connectivity index (χ1v) is 6.09. The Morgan fingerprint density at radius 2 is 2.00 bits per heavy atom. The van der Waals surface area contributed by atoms with Gasteiger partial charge < -0.3 is 15.8 Å². The Morgan fingerprint density at radius 3 is 2.47 bits per heavy atom. The van der Waals surface area contributed by atoms with Gasteiger partial charge >= 0.3 is 0 Å². The number of likely N-dealkylation sites (N-methyl/N-ethyl adjacent to an activating group) is 1. The Kier molecular flexibility index (Phi) is 8.12. The molecule has 0 heterocycles. The fourth-order valence-corrected chi connectivity index (χ4v) is 1.44. The van der Waals surface area contributed by atoms with Gasteiger partial charge in [-0.3, -0.25) is 9.69 Å². The van der Waals surface area contributed by atoms with Gasteiger partial charge in [0.05, 0.1) is 13.2 Å². The van der Waals surface area contributed by atoms with Crippen molar-refractivity contribution in [3.63, 3.8) is 0 Å². The van der Waals surface area contributed by atoms with Crippen LogP contribution < -0.4 is 11.1 Å². The van der Waals surface area contributed by atoms with E-state index in [-0.39, 0.29) is 18.0 Å². The molecule has 0 saturated carbocycles. The average Bonchev–Trinajstić information content (AvgIpc) is 2.16. The monoisotopic (exact) mass is 245 g/mol. The molecule has 0 rings (SSSR count). The number of hydrogen-bond acceptors (Lipinski definition) is 4. The summed E-state index contributed by atoms with van der Waals surface area (Å²) in [4.78, 5) is 13.6. The SMILES string of the molecule is COCC(N)CN(C)CC(=O)NC(C)C(C)C. The molecule has 0 aliphatic carbocycles. The predicted molar refractivity (Wildman–Crippen MR) is 69.8 cm³/mol. The summed E-state index contributed by atoms with van der Waals surface area (Å²) in [5.41, 5.74) is 5.81. The number of nitrogens with zero attached hydrogens (tertiary/aromatic N) is 1. The smallest absolute Gasteiger partial charge is 0.234 e. The van der Waals surface area contributed by atoms with Crippen LogP contribution in [0.2, 0.25) is 0 Å². The lowest BCUT2D eigenvalue weighted by Gasteiger charge is -2.22. The van der Waals surface area contributed by atoms with Gasteiger partial charge in [0.2, 0.25) is 5.91 Å². The molecule has 5 heteroatoms. The molecular formula is C12H27N3O2. The van der Waals surface area contributed by atoms with Gasteiger partial charge in [0.15, 0.2) is 0 Å². The number of carbonyl (C=O) groups is 1. The number of methoxy groups -OCH3 is 1. The summed E-state index contributed by atoms with van der Waals surface area (Å²) in [6, 6.07) is 0.142. The molecule has 17 heavy (non-hydrogen) atoms. The topological polar surface area (TPSA) is 67.6 Å². The molecule has 0 radical (unpaired) electrons. The molecule has 0 aliphatic heterocycles. The number of ether oxygens (including phenoxy) is 1. The van der Waals surface area contributed by atoms with Gasteiger partial charge in [-0.1, -0.05) is 13.8 Å². The van der Waals surface area contributed by atoms with Gasteiger partial charge in [0, 0.05) is 25.7 Å². The molecule has 0 bridgehead atoms. The highest BCUT2D eigenvalue weighted by molar-refractivity contribution is 5.78. The number of amides is 1. The summed E-state index contributed by atoms with van der Waals surface area (Å²) < 4.78 is 4.95. The van der Waals surface area contributed by atoms with E-state index in [0.29, 0.717) is 25.6 Å². The summed E-state index contributed by atoms with van der Waals surface area (Å²) in [5, 5.41) is 2.96. The molecule has 2 atom stereocenters. The minimum Gasteiger partial charge on any atom is -0.383 e. The van der Waals surface area contributed by atoms with Gasteiger partial charge in [-0.05, 0) is 19.9 Å². The van der Waals surface area contributed by atoms with Crippen LogP contribution in [-0.4, -0.2) is 56.7 Å². The second-order valence-corrected chi connectivity index (χ2v) is 5.01. The number of carbonyl (C=O) groups excluding carboxylic acids is 1. The quantitative estimate of drug-likeness (QED) is 0.634. The van der Waals surface area contributed by atoms with E-state index in [9.17, 15) is 4.79 Å². The van der Waals surface area contributed by atoms with Gasteiger partial charge in [-0.2, -0.15) is 0 Å². The second kappa shape index (κ2) is 8.44. The van der Waals surface area contributed by atoms with Crippen LogP contribution in [0, 0.1) is 5.92 Å². The van der Waals surface area contributed by atoms with Crippen molar-refractivity contribution in [3.05, 3.63) is 0 Å². The molecule has 1 amide bonds. The zero-order valence-corrected chi connectivity index (χ0v) is 11.7. The molecular weight excluding hydrogens is 218 g/mol.